The van der Waals surface area contributed by atoms with Gasteiger partial charge in [0.05, 0.1) is 18.2 Å². The number of carbonyl (C=O) groups excluding carboxylic acids is 1. The zero-order chi connectivity index (χ0) is 15.6. The second kappa shape index (κ2) is 6.17. The molecule has 1 aliphatic rings. The highest BCUT2D eigenvalue weighted by molar-refractivity contribution is 6.00. The number of hydrogen-bond donors (Lipinski definition) is 0. The van der Waals surface area contributed by atoms with E-state index in [0.29, 0.717) is 18.9 Å². The number of nitriles is 1. The fourth-order valence-electron chi connectivity index (χ4n) is 2.48. The van der Waals surface area contributed by atoms with E-state index < -0.39 is 6.10 Å². The lowest BCUT2D eigenvalue weighted by Crippen LogP contribution is -2.48. The molecule has 1 heterocycles. The van der Waals surface area contributed by atoms with Gasteiger partial charge in [0.1, 0.15) is 5.75 Å². The molecule has 112 valence electrons. The van der Waals surface area contributed by atoms with Gasteiger partial charge in [-0.2, -0.15) is 5.26 Å². The van der Waals surface area contributed by atoms with E-state index in [9.17, 15) is 4.79 Å². The highest BCUT2D eigenvalue weighted by Gasteiger charge is 2.36. The first-order chi connectivity index (χ1) is 9.95. The van der Waals surface area contributed by atoms with Gasteiger partial charge in [0.15, 0.2) is 6.10 Å². The molecule has 1 atom stereocenters. The van der Waals surface area contributed by atoms with E-state index in [1.165, 1.54) is 0 Å². The van der Waals surface area contributed by atoms with Gasteiger partial charge in [-0.1, -0.05) is 33.8 Å². The Balaban J connectivity index is 2.44. The number of amides is 1. The average Bonchev–Trinajstić information content (AvgIpc) is 2.44. The molecule has 2 rings (SSSR count). The molecule has 4 nitrogen and oxygen atoms in total. The van der Waals surface area contributed by atoms with Crippen LogP contribution < -0.4 is 9.64 Å². The first-order valence-corrected chi connectivity index (χ1v) is 7.44. The average molecular weight is 286 g/mol. The molecule has 1 aromatic carbocycles. The lowest BCUT2D eigenvalue weighted by atomic mass is 9.99. The zero-order valence-corrected chi connectivity index (χ0v) is 13.1. The first-order valence-electron chi connectivity index (χ1n) is 7.44. The van der Waals surface area contributed by atoms with Gasteiger partial charge in [-0.25, -0.2) is 0 Å². The first kappa shape index (κ1) is 15.4. The molecule has 1 amide bonds. The van der Waals surface area contributed by atoms with Gasteiger partial charge in [0.2, 0.25) is 0 Å². The number of fused-ring (bicyclic) bond motifs is 1. The van der Waals surface area contributed by atoms with Crippen molar-refractivity contribution in [1.29, 1.82) is 5.26 Å². The SMILES string of the molecule is CC(C)c1ccc2c(c1)N(CCC#N)C(=O)C(C(C)C)O2. The van der Waals surface area contributed by atoms with Crippen molar-refractivity contribution < 1.29 is 9.53 Å². The van der Waals surface area contributed by atoms with Crippen LogP contribution in [-0.2, 0) is 4.79 Å². The predicted octanol–water partition coefficient (Wildman–Crippen LogP) is 3.47. The number of hydrogen-bond acceptors (Lipinski definition) is 3. The molecule has 0 aliphatic carbocycles. The quantitative estimate of drug-likeness (QED) is 0.851. The molecule has 1 aromatic rings. The van der Waals surface area contributed by atoms with Crippen LogP contribution in [0.1, 0.15) is 45.6 Å². The summed E-state index contributed by atoms with van der Waals surface area (Å²) in [7, 11) is 0. The molecule has 0 aromatic heterocycles. The van der Waals surface area contributed by atoms with Gasteiger partial charge >= 0.3 is 0 Å². The number of anilines is 1. The fourth-order valence-corrected chi connectivity index (χ4v) is 2.48. The standard InChI is InChI=1S/C17H22N2O2/c1-11(2)13-6-7-15-14(10-13)19(9-5-8-18)17(20)16(21-15)12(3)4/h6-7,10-12,16H,5,9H2,1-4H3. The molecule has 0 radical (unpaired) electrons. The van der Waals surface area contributed by atoms with Crippen LogP contribution in [0.15, 0.2) is 18.2 Å². The summed E-state index contributed by atoms with van der Waals surface area (Å²) < 4.78 is 5.88. The Bertz CT molecular complexity index is 573. The largest absolute Gasteiger partial charge is 0.478 e. The van der Waals surface area contributed by atoms with Crippen molar-refractivity contribution >= 4 is 11.6 Å². The normalized spacial score (nSPS) is 17.7. The topological polar surface area (TPSA) is 53.3 Å². The van der Waals surface area contributed by atoms with Crippen molar-refractivity contribution in [3.63, 3.8) is 0 Å². The molecule has 0 saturated heterocycles. The molecule has 1 aliphatic heterocycles. The van der Waals surface area contributed by atoms with Gasteiger partial charge in [-0.3, -0.25) is 4.79 Å². The van der Waals surface area contributed by atoms with Gasteiger partial charge in [0, 0.05) is 6.54 Å². The Kier molecular flexibility index (Phi) is 4.52. The molecular weight excluding hydrogens is 264 g/mol. The van der Waals surface area contributed by atoms with Crippen LogP contribution in [0.5, 0.6) is 5.75 Å². The summed E-state index contributed by atoms with van der Waals surface area (Å²) in [5.74, 6) is 1.16. The van der Waals surface area contributed by atoms with Crippen molar-refractivity contribution in [2.45, 2.75) is 46.1 Å². The van der Waals surface area contributed by atoms with Crippen molar-refractivity contribution in [3.05, 3.63) is 23.8 Å². The minimum Gasteiger partial charge on any atom is -0.478 e. The molecule has 0 fully saturated rings. The number of nitrogens with zero attached hydrogens (tertiary/aromatic N) is 2. The van der Waals surface area contributed by atoms with E-state index in [-0.39, 0.29) is 11.8 Å². The van der Waals surface area contributed by atoms with Crippen molar-refractivity contribution in [2.24, 2.45) is 5.92 Å². The maximum Gasteiger partial charge on any atom is 0.268 e. The minimum absolute atomic E-state index is 0.0475. The second-order valence-corrected chi connectivity index (χ2v) is 6.06. The molecule has 0 saturated carbocycles. The van der Waals surface area contributed by atoms with Gasteiger partial charge < -0.3 is 9.64 Å². The molecule has 0 spiro atoms. The van der Waals surface area contributed by atoms with Crippen LogP contribution in [0.3, 0.4) is 0 Å². The molecule has 1 unspecified atom stereocenters. The van der Waals surface area contributed by atoms with E-state index in [1.807, 2.05) is 32.0 Å². The summed E-state index contributed by atoms with van der Waals surface area (Å²) in [5.41, 5.74) is 1.95. The molecule has 4 heteroatoms. The van der Waals surface area contributed by atoms with Crippen molar-refractivity contribution in [1.82, 2.24) is 0 Å². The Morgan fingerprint density at radius 2 is 2.05 bits per heavy atom. The summed E-state index contributed by atoms with van der Waals surface area (Å²) in [5, 5.41) is 8.83. The molecule has 21 heavy (non-hydrogen) atoms. The van der Waals surface area contributed by atoms with E-state index in [2.05, 4.69) is 19.9 Å². The van der Waals surface area contributed by atoms with Gasteiger partial charge in [-0.05, 0) is 29.5 Å². The second-order valence-electron chi connectivity index (χ2n) is 6.06. The van der Waals surface area contributed by atoms with E-state index >= 15 is 0 Å². The Morgan fingerprint density at radius 1 is 1.33 bits per heavy atom. The van der Waals surface area contributed by atoms with Crippen LogP contribution >= 0.6 is 0 Å². The Morgan fingerprint density at radius 3 is 2.62 bits per heavy atom. The Hall–Kier alpha value is -2.02. The summed E-state index contributed by atoms with van der Waals surface area (Å²) in [6.45, 7) is 8.58. The van der Waals surface area contributed by atoms with Gasteiger partial charge in [-0.15, -0.1) is 0 Å². The third-order valence-corrected chi connectivity index (χ3v) is 3.76. The molecule has 0 bridgehead atoms. The van der Waals surface area contributed by atoms with Crippen LogP contribution in [0.4, 0.5) is 5.69 Å². The maximum absolute atomic E-state index is 12.6. The lowest BCUT2D eigenvalue weighted by molar-refractivity contribution is -0.128. The van der Waals surface area contributed by atoms with Crippen LogP contribution in [0.2, 0.25) is 0 Å². The number of benzene rings is 1. The van der Waals surface area contributed by atoms with E-state index in [0.717, 1.165) is 17.0 Å². The fraction of sp³-hybridized carbons (Fsp3) is 0.529. The Labute approximate surface area is 126 Å². The van der Waals surface area contributed by atoms with Crippen LogP contribution in [0, 0.1) is 17.2 Å². The summed E-state index contributed by atoms with van der Waals surface area (Å²) in [6.07, 6.45) is -0.150. The van der Waals surface area contributed by atoms with Gasteiger partial charge in [0.25, 0.3) is 5.91 Å². The minimum atomic E-state index is -0.471. The maximum atomic E-state index is 12.6. The molecule has 0 N–H and O–H groups in total. The van der Waals surface area contributed by atoms with Crippen LogP contribution in [0.25, 0.3) is 0 Å². The predicted molar refractivity (Wildman–Crippen MR) is 82.4 cm³/mol. The third-order valence-electron chi connectivity index (χ3n) is 3.76. The smallest absolute Gasteiger partial charge is 0.268 e. The van der Waals surface area contributed by atoms with E-state index in [4.69, 9.17) is 10.00 Å². The number of carbonyl (C=O) groups is 1. The van der Waals surface area contributed by atoms with Crippen molar-refractivity contribution in [3.8, 4) is 11.8 Å². The monoisotopic (exact) mass is 286 g/mol. The summed E-state index contributed by atoms with van der Waals surface area (Å²) in [4.78, 5) is 14.3. The highest BCUT2D eigenvalue weighted by Crippen LogP contribution is 2.37. The zero-order valence-electron chi connectivity index (χ0n) is 13.1. The number of rotatable bonds is 4. The third kappa shape index (κ3) is 3.02. The summed E-state index contributed by atoms with van der Waals surface area (Å²) in [6, 6.07) is 8.10. The lowest BCUT2D eigenvalue weighted by Gasteiger charge is -2.36. The number of ether oxygens (including phenoxy) is 1. The van der Waals surface area contributed by atoms with Crippen LogP contribution in [-0.4, -0.2) is 18.6 Å². The summed E-state index contributed by atoms with van der Waals surface area (Å²) >= 11 is 0. The van der Waals surface area contributed by atoms with Crippen molar-refractivity contribution in [2.75, 3.05) is 11.4 Å². The molecular formula is C17H22N2O2. The highest BCUT2D eigenvalue weighted by atomic mass is 16.5. The van der Waals surface area contributed by atoms with E-state index in [1.54, 1.807) is 4.90 Å².